The quantitative estimate of drug-likeness (QED) is 0.418. The molecule has 0 aliphatic carbocycles. The second-order valence-electron chi connectivity index (χ2n) is 3.42. The second kappa shape index (κ2) is 7.58. The molecule has 1 N–H and O–H groups in total. The van der Waals surface area contributed by atoms with Gasteiger partial charge in [-0.2, -0.15) is 0 Å². The molecule has 82 valence electrons. The van der Waals surface area contributed by atoms with Gasteiger partial charge < -0.3 is 0 Å². The summed E-state index contributed by atoms with van der Waals surface area (Å²) in [6.45, 7) is 11.6. The molecule has 0 aromatic heterocycles. The summed E-state index contributed by atoms with van der Waals surface area (Å²) in [4.78, 5) is 0. The molecule has 0 amide bonds. The Morgan fingerprint density at radius 2 is 2.29 bits per heavy atom. The Morgan fingerprint density at radius 1 is 1.64 bits per heavy atom. The van der Waals surface area contributed by atoms with E-state index in [0.29, 0.717) is 15.0 Å². The van der Waals surface area contributed by atoms with Gasteiger partial charge in [0.1, 0.15) is 0 Å². The topological polar surface area (TPSA) is 20.2 Å². The summed E-state index contributed by atoms with van der Waals surface area (Å²) < 4.78 is 1.23. The van der Waals surface area contributed by atoms with E-state index in [1.165, 1.54) is 16.6 Å². The molecule has 1 atom stereocenters. The molecule has 0 heterocycles. The molecule has 0 bridgehead atoms. The zero-order chi connectivity index (χ0) is 11.0. The van der Waals surface area contributed by atoms with Gasteiger partial charge in [0.2, 0.25) is 0 Å². The molecule has 0 saturated heterocycles. The van der Waals surface area contributed by atoms with Crippen LogP contribution in [-0.4, -0.2) is 31.4 Å². The van der Waals surface area contributed by atoms with E-state index in [2.05, 4.69) is 20.1 Å². The summed E-state index contributed by atoms with van der Waals surface area (Å²) in [5, 5.41) is 10.5. The van der Waals surface area contributed by atoms with Gasteiger partial charge >= 0.3 is 98.2 Å². The zero-order valence-electron chi connectivity index (χ0n) is 9.08. The molecule has 0 fully saturated rings. The Morgan fingerprint density at radius 3 is 2.79 bits per heavy atom. The molecule has 0 aliphatic rings. The van der Waals surface area contributed by atoms with Gasteiger partial charge in [0.05, 0.1) is 0 Å². The van der Waals surface area contributed by atoms with Gasteiger partial charge in [-0.05, 0) is 0 Å². The monoisotopic (exact) mass is 280 g/mol. The van der Waals surface area contributed by atoms with Crippen molar-refractivity contribution in [1.29, 1.82) is 0 Å². The standard InChI is InChI=1S/C11H20OSSe/c1-5-7-8-13-10(3)14-9-11(4,12)6-2/h6,12H,2-3,5,7-9H2,1,4H3. The number of thioether (sulfide) groups is 1. The van der Waals surface area contributed by atoms with Crippen LogP contribution in [0, 0.1) is 0 Å². The first-order valence-corrected chi connectivity index (χ1v) is 7.87. The van der Waals surface area contributed by atoms with E-state index in [9.17, 15) is 5.11 Å². The maximum absolute atomic E-state index is 9.69. The van der Waals surface area contributed by atoms with Crippen LogP contribution in [-0.2, 0) is 0 Å². The van der Waals surface area contributed by atoms with E-state index in [-0.39, 0.29) is 0 Å². The van der Waals surface area contributed by atoms with E-state index in [1.807, 2.05) is 11.8 Å². The third-order valence-electron chi connectivity index (χ3n) is 1.73. The molecule has 0 saturated carbocycles. The Balaban J connectivity index is 3.58. The summed E-state index contributed by atoms with van der Waals surface area (Å²) in [5.74, 6) is 1.16. The van der Waals surface area contributed by atoms with Gasteiger partial charge in [-0.15, -0.1) is 0 Å². The molecule has 3 heteroatoms. The maximum atomic E-state index is 9.69. The van der Waals surface area contributed by atoms with E-state index in [1.54, 1.807) is 13.0 Å². The van der Waals surface area contributed by atoms with E-state index in [4.69, 9.17) is 0 Å². The molecule has 0 radical (unpaired) electrons. The third kappa shape index (κ3) is 7.69. The molecule has 1 nitrogen and oxygen atoms in total. The van der Waals surface area contributed by atoms with Gasteiger partial charge in [0, 0.05) is 0 Å². The second-order valence-corrected chi connectivity index (χ2v) is 7.44. The van der Waals surface area contributed by atoms with Crippen LogP contribution in [0.2, 0.25) is 5.32 Å². The van der Waals surface area contributed by atoms with Crippen LogP contribution in [0.3, 0.4) is 0 Å². The molecule has 0 aromatic rings. The van der Waals surface area contributed by atoms with Crippen molar-refractivity contribution in [3.05, 3.63) is 23.0 Å². The van der Waals surface area contributed by atoms with Crippen molar-refractivity contribution in [3.8, 4) is 0 Å². The molecule has 0 spiro atoms. The Hall–Kier alpha value is 0.309. The van der Waals surface area contributed by atoms with Crippen molar-refractivity contribution in [2.24, 2.45) is 0 Å². The van der Waals surface area contributed by atoms with Gasteiger partial charge in [-0.25, -0.2) is 0 Å². The fourth-order valence-electron chi connectivity index (χ4n) is 0.658. The fourth-order valence-corrected chi connectivity index (χ4v) is 3.95. The van der Waals surface area contributed by atoms with Gasteiger partial charge in [0.25, 0.3) is 0 Å². The van der Waals surface area contributed by atoms with E-state index < -0.39 is 5.60 Å². The predicted octanol–water partition coefficient (Wildman–Crippen LogP) is 3.05. The van der Waals surface area contributed by atoms with Crippen LogP contribution < -0.4 is 0 Å². The Bertz CT molecular complexity index is 190. The number of unbranched alkanes of at least 4 members (excludes halogenated alkanes) is 1. The van der Waals surface area contributed by atoms with Crippen molar-refractivity contribution in [2.75, 3.05) is 5.75 Å². The van der Waals surface area contributed by atoms with Crippen molar-refractivity contribution < 1.29 is 5.11 Å². The molecule has 0 rings (SSSR count). The Kier molecular flexibility index (Phi) is 7.75. The number of hydrogen-bond acceptors (Lipinski definition) is 2. The molecule has 0 aromatic carbocycles. The van der Waals surface area contributed by atoms with Crippen molar-refractivity contribution in [2.45, 2.75) is 37.6 Å². The van der Waals surface area contributed by atoms with Gasteiger partial charge in [0.15, 0.2) is 0 Å². The molecular formula is C11H20OSSe. The first-order valence-electron chi connectivity index (χ1n) is 4.82. The average molecular weight is 279 g/mol. The molecule has 14 heavy (non-hydrogen) atoms. The first kappa shape index (κ1) is 14.3. The zero-order valence-corrected chi connectivity index (χ0v) is 11.6. The SMILES string of the molecule is C=CC(C)(O)C[Se]C(=C)SCCCC. The summed E-state index contributed by atoms with van der Waals surface area (Å²) in [7, 11) is 0. The van der Waals surface area contributed by atoms with Crippen LogP contribution in [0.15, 0.2) is 23.0 Å². The molecular weight excluding hydrogens is 259 g/mol. The normalized spacial score (nSPS) is 14.8. The minimum atomic E-state index is -0.714. The fraction of sp³-hybridized carbons (Fsp3) is 0.636. The van der Waals surface area contributed by atoms with Crippen molar-refractivity contribution in [3.63, 3.8) is 0 Å². The Labute approximate surface area is 98.2 Å². The first-order chi connectivity index (χ1) is 6.52. The average Bonchev–Trinajstić information content (AvgIpc) is 2.16. The van der Waals surface area contributed by atoms with Gasteiger partial charge in [-0.3, -0.25) is 0 Å². The van der Waals surface area contributed by atoms with Crippen molar-refractivity contribution in [1.82, 2.24) is 0 Å². The van der Waals surface area contributed by atoms with Crippen molar-refractivity contribution >= 4 is 26.7 Å². The third-order valence-corrected chi connectivity index (χ3v) is 6.10. The predicted molar refractivity (Wildman–Crippen MR) is 67.9 cm³/mol. The number of hydrogen-bond donors (Lipinski definition) is 1. The van der Waals surface area contributed by atoms with E-state index >= 15 is 0 Å². The van der Waals surface area contributed by atoms with Crippen LogP contribution in [0.1, 0.15) is 26.7 Å². The van der Waals surface area contributed by atoms with Crippen LogP contribution in [0.4, 0.5) is 0 Å². The van der Waals surface area contributed by atoms with Gasteiger partial charge in [-0.1, -0.05) is 0 Å². The summed E-state index contributed by atoms with van der Waals surface area (Å²) in [5.41, 5.74) is -0.714. The molecule has 0 aliphatic heterocycles. The van der Waals surface area contributed by atoms with Crippen LogP contribution in [0.5, 0.6) is 0 Å². The van der Waals surface area contributed by atoms with Crippen LogP contribution in [0.25, 0.3) is 0 Å². The summed E-state index contributed by atoms with van der Waals surface area (Å²) in [6.07, 6.45) is 4.09. The van der Waals surface area contributed by atoms with E-state index in [0.717, 1.165) is 11.1 Å². The van der Waals surface area contributed by atoms with Crippen LogP contribution >= 0.6 is 11.8 Å². The minimum absolute atomic E-state index is 0.316. The summed E-state index contributed by atoms with van der Waals surface area (Å²) in [6, 6.07) is 0. The number of aliphatic hydroxyl groups is 1. The molecule has 1 unspecified atom stereocenters. The number of rotatable bonds is 8. The summed E-state index contributed by atoms with van der Waals surface area (Å²) >= 11 is 2.16.